The minimum atomic E-state index is -0.584. The van der Waals surface area contributed by atoms with E-state index in [1.54, 1.807) is 6.92 Å². The lowest BCUT2D eigenvalue weighted by Gasteiger charge is -2.05. The predicted molar refractivity (Wildman–Crippen MR) is 39.8 cm³/mol. The van der Waals surface area contributed by atoms with Crippen LogP contribution in [0, 0.1) is 0 Å². The number of hydrogen-bond donors (Lipinski definition) is 1. The van der Waals surface area contributed by atoms with Crippen molar-refractivity contribution in [2.45, 2.75) is 25.8 Å². The van der Waals surface area contributed by atoms with Crippen molar-refractivity contribution < 1.29 is 13.9 Å². The molecule has 0 aliphatic carbocycles. The highest BCUT2D eigenvalue weighted by molar-refractivity contribution is 5.69. The van der Waals surface area contributed by atoms with Crippen molar-refractivity contribution in [3.8, 4) is 0 Å². The van der Waals surface area contributed by atoms with Crippen molar-refractivity contribution >= 4 is 5.97 Å². The fourth-order valence-corrected chi connectivity index (χ4v) is 0.614. The van der Waals surface area contributed by atoms with Crippen molar-refractivity contribution in [1.29, 1.82) is 0 Å². The van der Waals surface area contributed by atoms with Crippen LogP contribution in [0.4, 0.5) is 4.39 Å². The van der Waals surface area contributed by atoms with Crippen molar-refractivity contribution in [2.75, 3.05) is 13.3 Å². The molecule has 0 aliphatic rings. The van der Waals surface area contributed by atoms with Crippen molar-refractivity contribution in [3.63, 3.8) is 0 Å². The van der Waals surface area contributed by atoms with Crippen molar-refractivity contribution in [1.82, 2.24) is 0 Å². The summed E-state index contributed by atoms with van der Waals surface area (Å²) in [4.78, 5) is 10.7. The SMILES string of the molecule is CCOC(=O)CCC(N)CF. The zero-order chi connectivity index (χ0) is 8.69. The van der Waals surface area contributed by atoms with Gasteiger partial charge in [-0.15, -0.1) is 0 Å². The Kier molecular flexibility index (Phi) is 5.74. The number of carbonyl (C=O) groups is 1. The van der Waals surface area contributed by atoms with Crippen LogP contribution in [-0.2, 0) is 9.53 Å². The van der Waals surface area contributed by atoms with Gasteiger partial charge in [0.1, 0.15) is 6.67 Å². The zero-order valence-corrected chi connectivity index (χ0v) is 6.68. The zero-order valence-electron chi connectivity index (χ0n) is 6.68. The summed E-state index contributed by atoms with van der Waals surface area (Å²) in [5.41, 5.74) is 5.23. The Bertz CT molecular complexity index is 119. The summed E-state index contributed by atoms with van der Waals surface area (Å²) < 4.78 is 16.4. The number of rotatable bonds is 5. The summed E-state index contributed by atoms with van der Waals surface area (Å²) >= 11 is 0. The Labute approximate surface area is 65.7 Å². The molecular weight excluding hydrogens is 149 g/mol. The Balaban J connectivity index is 3.30. The minimum absolute atomic E-state index is 0.207. The first-order chi connectivity index (χ1) is 5.20. The van der Waals surface area contributed by atoms with Crippen LogP contribution in [0.5, 0.6) is 0 Å². The van der Waals surface area contributed by atoms with Gasteiger partial charge in [-0.2, -0.15) is 0 Å². The molecule has 0 aliphatic heterocycles. The fourth-order valence-electron chi connectivity index (χ4n) is 0.614. The summed E-state index contributed by atoms with van der Waals surface area (Å²) in [6.07, 6.45) is 0.564. The van der Waals surface area contributed by atoms with Crippen LogP contribution in [0.25, 0.3) is 0 Å². The van der Waals surface area contributed by atoms with Gasteiger partial charge < -0.3 is 10.5 Å². The molecule has 1 atom stereocenters. The molecule has 0 saturated heterocycles. The highest BCUT2D eigenvalue weighted by atomic mass is 19.1. The quantitative estimate of drug-likeness (QED) is 0.605. The molecule has 3 nitrogen and oxygen atoms in total. The van der Waals surface area contributed by atoms with Gasteiger partial charge in [0.05, 0.1) is 6.61 Å². The van der Waals surface area contributed by atoms with Crippen LogP contribution in [0.1, 0.15) is 19.8 Å². The summed E-state index contributed by atoms with van der Waals surface area (Å²) in [7, 11) is 0. The van der Waals surface area contributed by atoms with Crippen molar-refractivity contribution in [3.05, 3.63) is 0 Å². The van der Waals surface area contributed by atoms with Crippen LogP contribution in [0.15, 0.2) is 0 Å². The highest BCUT2D eigenvalue weighted by Crippen LogP contribution is 1.97. The number of esters is 1. The van der Waals surface area contributed by atoms with Gasteiger partial charge in [-0.1, -0.05) is 0 Å². The maximum Gasteiger partial charge on any atom is 0.305 e. The molecule has 2 N–H and O–H groups in total. The maximum absolute atomic E-state index is 11.7. The first kappa shape index (κ1) is 10.4. The maximum atomic E-state index is 11.7. The summed E-state index contributed by atoms with van der Waals surface area (Å²) in [5.74, 6) is -0.309. The highest BCUT2D eigenvalue weighted by Gasteiger charge is 2.06. The summed E-state index contributed by atoms with van der Waals surface area (Å²) in [6, 6.07) is -0.528. The Morgan fingerprint density at radius 3 is 2.82 bits per heavy atom. The molecule has 0 saturated carbocycles. The smallest absolute Gasteiger partial charge is 0.305 e. The second-order valence-corrected chi connectivity index (χ2v) is 2.26. The van der Waals surface area contributed by atoms with E-state index in [1.165, 1.54) is 0 Å². The molecule has 0 spiro atoms. The molecule has 66 valence electrons. The lowest BCUT2D eigenvalue weighted by molar-refractivity contribution is -0.143. The van der Waals surface area contributed by atoms with Crippen LogP contribution < -0.4 is 5.73 Å². The monoisotopic (exact) mass is 163 g/mol. The summed E-state index contributed by atoms with van der Waals surface area (Å²) in [5, 5.41) is 0. The van der Waals surface area contributed by atoms with E-state index in [2.05, 4.69) is 4.74 Å². The molecule has 0 amide bonds. The van der Waals surface area contributed by atoms with Gasteiger partial charge in [-0.25, -0.2) is 4.39 Å². The van der Waals surface area contributed by atoms with Crippen LogP contribution in [0.3, 0.4) is 0 Å². The van der Waals surface area contributed by atoms with Crippen LogP contribution in [0.2, 0.25) is 0 Å². The van der Waals surface area contributed by atoms with Gasteiger partial charge in [-0.05, 0) is 13.3 Å². The minimum Gasteiger partial charge on any atom is -0.466 e. The topological polar surface area (TPSA) is 52.3 Å². The number of alkyl halides is 1. The Morgan fingerprint density at radius 1 is 1.73 bits per heavy atom. The van der Waals surface area contributed by atoms with Crippen LogP contribution >= 0.6 is 0 Å². The van der Waals surface area contributed by atoms with E-state index in [9.17, 15) is 9.18 Å². The molecule has 0 rings (SSSR count). The van der Waals surface area contributed by atoms with Crippen LogP contribution in [-0.4, -0.2) is 25.3 Å². The summed E-state index contributed by atoms with van der Waals surface area (Å²) in [6.45, 7) is 1.51. The molecular formula is C7H14FNO2. The molecule has 0 fully saturated rings. The first-order valence-electron chi connectivity index (χ1n) is 3.67. The standard InChI is InChI=1S/C7H14FNO2/c1-2-11-7(10)4-3-6(9)5-8/h6H,2-5,9H2,1H3. The predicted octanol–water partition coefficient (Wildman–Crippen LogP) is 0.627. The number of ether oxygens (including phenoxy) is 1. The average Bonchev–Trinajstić information content (AvgIpc) is 2.01. The van der Waals surface area contributed by atoms with E-state index in [1.807, 2.05) is 0 Å². The van der Waals surface area contributed by atoms with E-state index < -0.39 is 12.7 Å². The van der Waals surface area contributed by atoms with E-state index in [4.69, 9.17) is 5.73 Å². The second kappa shape index (κ2) is 6.09. The largest absolute Gasteiger partial charge is 0.466 e. The molecule has 0 aromatic heterocycles. The normalized spacial score (nSPS) is 12.6. The second-order valence-electron chi connectivity index (χ2n) is 2.26. The molecule has 0 heterocycles. The van der Waals surface area contributed by atoms with Gasteiger partial charge in [-0.3, -0.25) is 4.79 Å². The Hall–Kier alpha value is -0.640. The Morgan fingerprint density at radius 2 is 2.36 bits per heavy atom. The van der Waals surface area contributed by atoms with Crippen molar-refractivity contribution in [2.24, 2.45) is 5.73 Å². The third-order valence-electron chi connectivity index (χ3n) is 1.22. The molecule has 4 heteroatoms. The van der Waals surface area contributed by atoms with E-state index >= 15 is 0 Å². The third kappa shape index (κ3) is 5.79. The fraction of sp³-hybridized carbons (Fsp3) is 0.857. The number of carbonyl (C=O) groups excluding carboxylic acids is 1. The molecule has 0 radical (unpaired) electrons. The third-order valence-corrected chi connectivity index (χ3v) is 1.22. The van der Waals surface area contributed by atoms with Gasteiger partial charge in [0.25, 0.3) is 0 Å². The number of nitrogens with two attached hydrogens (primary N) is 1. The first-order valence-corrected chi connectivity index (χ1v) is 3.67. The van der Waals surface area contributed by atoms with Gasteiger partial charge in [0, 0.05) is 12.5 Å². The average molecular weight is 163 g/mol. The molecule has 11 heavy (non-hydrogen) atoms. The van der Waals surface area contributed by atoms with E-state index in [0.29, 0.717) is 13.0 Å². The lowest BCUT2D eigenvalue weighted by Crippen LogP contribution is -2.23. The van der Waals surface area contributed by atoms with E-state index in [-0.39, 0.29) is 12.4 Å². The van der Waals surface area contributed by atoms with Gasteiger partial charge in [0.2, 0.25) is 0 Å². The van der Waals surface area contributed by atoms with Gasteiger partial charge in [0.15, 0.2) is 0 Å². The molecule has 0 aromatic carbocycles. The molecule has 0 aromatic rings. The lowest BCUT2D eigenvalue weighted by atomic mass is 10.2. The molecule has 0 bridgehead atoms. The van der Waals surface area contributed by atoms with E-state index in [0.717, 1.165) is 0 Å². The number of halogens is 1. The number of hydrogen-bond acceptors (Lipinski definition) is 3. The molecule has 1 unspecified atom stereocenters. The van der Waals surface area contributed by atoms with Gasteiger partial charge >= 0.3 is 5.97 Å².